The van der Waals surface area contributed by atoms with Crippen molar-refractivity contribution in [3.8, 4) is 5.69 Å². The molecule has 156 valence electrons. The monoisotopic (exact) mass is 423 g/mol. The summed E-state index contributed by atoms with van der Waals surface area (Å²) in [6.45, 7) is 4.86. The average Bonchev–Trinajstić information content (AvgIpc) is 3.26. The van der Waals surface area contributed by atoms with Gasteiger partial charge in [0, 0.05) is 38.9 Å². The number of benzene rings is 2. The topological polar surface area (TPSA) is 53.4 Å². The van der Waals surface area contributed by atoms with E-state index in [0.717, 1.165) is 44.0 Å². The van der Waals surface area contributed by atoms with Crippen LogP contribution in [0.2, 0.25) is 5.02 Å². The lowest BCUT2D eigenvalue weighted by molar-refractivity contribution is 0.0907. The van der Waals surface area contributed by atoms with Crippen LogP contribution in [0.5, 0.6) is 0 Å². The highest BCUT2D eigenvalue weighted by Crippen LogP contribution is 2.20. The summed E-state index contributed by atoms with van der Waals surface area (Å²) in [5.74, 6) is -0.142. The van der Waals surface area contributed by atoms with E-state index < -0.39 is 0 Å². The Bertz CT molecular complexity index is 982. The van der Waals surface area contributed by atoms with Crippen LogP contribution in [0.3, 0.4) is 0 Å². The second-order valence-electron chi connectivity index (χ2n) is 7.67. The van der Waals surface area contributed by atoms with Gasteiger partial charge in [-0.15, -0.1) is 0 Å². The molecule has 2 aromatic carbocycles. The van der Waals surface area contributed by atoms with Gasteiger partial charge in [-0.1, -0.05) is 54.1 Å². The lowest BCUT2D eigenvalue weighted by atomic mass is 10.1. The van der Waals surface area contributed by atoms with E-state index >= 15 is 0 Å². The molecule has 1 unspecified atom stereocenters. The first-order valence-electron chi connectivity index (χ1n) is 10.2. The van der Waals surface area contributed by atoms with Crippen molar-refractivity contribution >= 4 is 17.5 Å². The summed E-state index contributed by atoms with van der Waals surface area (Å²) in [6.07, 6.45) is 3.30. The largest absolute Gasteiger partial charge is 0.344 e. The highest BCUT2D eigenvalue weighted by Gasteiger charge is 2.22. The van der Waals surface area contributed by atoms with E-state index in [0.29, 0.717) is 10.6 Å². The number of likely N-dealkylation sites (N-methyl/N-ethyl adjacent to an activating group) is 1. The third-order valence-corrected chi connectivity index (χ3v) is 5.81. The minimum absolute atomic E-state index is 0.0919. The normalized spacial score (nSPS) is 16.3. The fraction of sp³-hybridized carbons (Fsp3) is 0.304. The van der Waals surface area contributed by atoms with E-state index in [4.69, 9.17) is 11.6 Å². The van der Waals surface area contributed by atoms with E-state index in [2.05, 4.69) is 39.4 Å². The summed E-state index contributed by atoms with van der Waals surface area (Å²) in [6, 6.07) is 17.5. The Balaban J connectivity index is 1.50. The van der Waals surface area contributed by atoms with Gasteiger partial charge in [-0.2, -0.15) is 5.10 Å². The van der Waals surface area contributed by atoms with Gasteiger partial charge in [0.2, 0.25) is 0 Å². The minimum atomic E-state index is -0.142. The maximum Gasteiger partial charge on any atom is 0.255 e. The number of amides is 1. The molecule has 0 bridgehead atoms. The number of hydrogen-bond donors (Lipinski definition) is 1. The summed E-state index contributed by atoms with van der Waals surface area (Å²) in [7, 11) is 2.14. The summed E-state index contributed by atoms with van der Waals surface area (Å²) in [5, 5.41) is 8.12. The van der Waals surface area contributed by atoms with Gasteiger partial charge in [0.1, 0.15) is 0 Å². The number of rotatable bonds is 6. The number of nitrogens with zero attached hydrogens (tertiary/aromatic N) is 4. The summed E-state index contributed by atoms with van der Waals surface area (Å²) >= 11 is 6.26. The van der Waals surface area contributed by atoms with Crippen molar-refractivity contribution < 1.29 is 4.79 Å². The molecule has 3 aromatic rings. The van der Waals surface area contributed by atoms with Crippen LogP contribution in [0.1, 0.15) is 22.0 Å². The van der Waals surface area contributed by atoms with Gasteiger partial charge >= 0.3 is 0 Å². The van der Waals surface area contributed by atoms with Gasteiger partial charge in [0.25, 0.3) is 5.91 Å². The maximum absolute atomic E-state index is 13.0. The number of aromatic nitrogens is 2. The number of carbonyl (C=O) groups excluding carboxylic acids is 1. The van der Waals surface area contributed by atoms with Gasteiger partial charge in [-0.25, -0.2) is 4.68 Å². The predicted octanol–water partition coefficient (Wildman–Crippen LogP) is 3.24. The second kappa shape index (κ2) is 9.43. The molecule has 1 aliphatic heterocycles. The van der Waals surface area contributed by atoms with Crippen molar-refractivity contribution in [2.24, 2.45) is 0 Å². The summed E-state index contributed by atoms with van der Waals surface area (Å²) in [4.78, 5) is 17.8. The Morgan fingerprint density at radius 3 is 2.50 bits per heavy atom. The quantitative estimate of drug-likeness (QED) is 0.661. The lowest BCUT2D eigenvalue weighted by Crippen LogP contribution is -2.47. The Morgan fingerprint density at radius 1 is 1.07 bits per heavy atom. The van der Waals surface area contributed by atoms with E-state index in [1.54, 1.807) is 23.1 Å². The number of para-hydroxylation sites is 1. The molecule has 2 heterocycles. The summed E-state index contributed by atoms with van der Waals surface area (Å²) < 4.78 is 1.63. The predicted molar refractivity (Wildman–Crippen MR) is 119 cm³/mol. The third-order valence-electron chi connectivity index (χ3n) is 5.49. The molecule has 1 saturated heterocycles. The number of halogens is 1. The molecule has 1 N–H and O–H groups in total. The SMILES string of the molecule is CN1CCN(CC(NC(=O)c2cnn(-c3ccccc3Cl)c2)c2ccccc2)CC1. The molecular weight excluding hydrogens is 398 g/mol. The molecule has 1 atom stereocenters. The standard InChI is InChI=1S/C23H26ClN5O/c1-27-11-13-28(14-12-27)17-21(18-7-3-2-4-8-18)26-23(30)19-15-25-29(16-19)22-10-6-5-9-20(22)24/h2-10,15-16,21H,11-14,17H2,1H3,(H,26,30). The van der Waals surface area contributed by atoms with Crippen LogP contribution < -0.4 is 5.32 Å². The van der Waals surface area contributed by atoms with Crippen molar-refractivity contribution in [1.82, 2.24) is 24.9 Å². The molecular formula is C23H26ClN5O. The minimum Gasteiger partial charge on any atom is -0.344 e. The van der Waals surface area contributed by atoms with Crippen molar-refractivity contribution in [3.05, 3.63) is 83.1 Å². The molecule has 1 aliphatic rings. The Labute approximate surface area is 182 Å². The maximum atomic E-state index is 13.0. The van der Waals surface area contributed by atoms with Gasteiger partial charge < -0.3 is 10.2 Å². The van der Waals surface area contributed by atoms with Crippen molar-refractivity contribution in [3.63, 3.8) is 0 Å². The molecule has 1 aromatic heterocycles. The lowest BCUT2D eigenvalue weighted by Gasteiger charge is -2.35. The van der Waals surface area contributed by atoms with Gasteiger partial charge in [0.05, 0.1) is 28.5 Å². The zero-order chi connectivity index (χ0) is 20.9. The highest BCUT2D eigenvalue weighted by atomic mass is 35.5. The molecule has 7 heteroatoms. The van der Waals surface area contributed by atoms with E-state index in [1.807, 2.05) is 36.4 Å². The van der Waals surface area contributed by atoms with Crippen LogP contribution in [0.4, 0.5) is 0 Å². The smallest absolute Gasteiger partial charge is 0.255 e. The third kappa shape index (κ3) is 4.90. The Hall–Kier alpha value is -2.67. The number of carbonyl (C=O) groups is 1. The van der Waals surface area contributed by atoms with Crippen LogP contribution in [0, 0.1) is 0 Å². The molecule has 0 radical (unpaired) electrons. The van der Waals surface area contributed by atoms with Gasteiger partial charge in [-0.05, 0) is 24.7 Å². The van der Waals surface area contributed by atoms with Crippen LogP contribution in [0.15, 0.2) is 67.0 Å². The molecule has 0 spiro atoms. The van der Waals surface area contributed by atoms with Crippen molar-refractivity contribution in [2.75, 3.05) is 39.8 Å². The first-order valence-corrected chi connectivity index (χ1v) is 10.5. The summed E-state index contributed by atoms with van der Waals surface area (Å²) in [5.41, 5.74) is 2.35. The van der Waals surface area contributed by atoms with Crippen LogP contribution in [0.25, 0.3) is 5.69 Å². The second-order valence-corrected chi connectivity index (χ2v) is 8.07. The van der Waals surface area contributed by atoms with E-state index in [-0.39, 0.29) is 11.9 Å². The molecule has 1 amide bonds. The number of hydrogen-bond acceptors (Lipinski definition) is 4. The molecule has 1 fully saturated rings. The van der Waals surface area contributed by atoms with E-state index in [1.165, 1.54) is 0 Å². The Morgan fingerprint density at radius 2 is 1.77 bits per heavy atom. The molecule has 0 saturated carbocycles. The van der Waals surface area contributed by atoms with Crippen LogP contribution in [-0.2, 0) is 0 Å². The first-order chi connectivity index (χ1) is 14.6. The molecule has 30 heavy (non-hydrogen) atoms. The molecule has 4 rings (SSSR count). The first kappa shape index (κ1) is 20.6. The zero-order valence-corrected chi connectivity index (χ0v) is 17.8. The van der Waals surface area contributed by atoms with Crippen molar-refractivity contribution in [1.29, 1.82) is 0 Å². The Kier molecular flexibility index (Phi) is 6.47. The molecule has 6 nitrogen and oxygen atoms in total. The number of piperazine rings is 1. The fourth-order valence-corrected chi connectivity index (χ4v) is 3.88. The van der Waals surface area contributed by atoms with Gasteiger partial charge in [-0.3, -0.25) is 9.69 Å². The number of nitrogens with one attached hydrogen (secondary N) is 1. The average molecular weight is 424 g/mol. The fourth-order valence-electron chi connectivity index (χ4n) is 3.66. The van der Waals surface area contributed by atoms with Crippen LogP contribution in [-0.4, -0.2) is 65.3 Å². The van der Waals surface area contributed by atoms with E-state index in [9.17, 15) is 4.79 Å². The van der Waals surface area contributed by atoms with Crippen LogP contribution >= 0.6 is 11.6 Å². The molecule has 0 aliphatic carbocycles. The van der Waals surface area contributed by atoms with Crippen molar-refractivity contribution in [2.45, 2.75) is 6.04 Å². The highest BCUT2D eigenvalue weighted by molar-refractivity contribution is 6.32. The van der Waals surface area contributed by atoms with Gasteiger partial charge in [0.15, 0.2) is 0 Å². The zero-order valence-electron chi connectivity index (χ0n) is 17.0.